The van der Waals surface area contributed by atoms with Crippen LogP contribution in [-0.2, 0) is 18.4 Å². The van der Waals surface area contributed by atoms with E-state index in [0.29, 0.717) is 12.2 Å². The molecule has 0 radical (unpaired) electrons. The Morgan fingerprint density at radius 3 is 1.83 bits per heavy atom. The van der Waals surface area contributed by atoms with Gasteiger partial charge in [-0.1, -0.05) is 153 Å². The third-order valence-electron chi connectivity index (χ3n) is 8.98. The quantitative estimate of drug-likeness (QED) is 0.147. The summed E-state index contributed by atoms with van der Waals surface area (Å²) in [7, 11) is 0. The molecule has 0 aliphatic rings. The molecule has 7 rings (SSSR count). The van der Waals surface area contributed by atoms with Crippen molar-refractivity contribution in [2.24, 2.45) is 0 Å². The van der Waals surface area contributed by atoms with E-state index in [9.17, 15) is 4.79 Å². The second-order valence-corrected chi connectivity index (χ2v) is 11.9. The first kappa shape index (κ1) is 30.7. The summed E-state index contributed by atoms with van der Waals surface area (Å²) in [6.07, 6.45) is 4.88. The molecule has 0 bridgehead atoms. The molecule has 236 valence electrons. The minimum Gasteiger partial charge on any atom is -0.313 e. The zero-order valence-corrected chi connectivity index (χ0v) is 26.8. The van der Waals surface area contributed by atoms with Crippen molar-refractivity contribution in [1.82, 2.24) is 30.2 Å². The van der Waals surface area contributed by atoms with Crippen LogP contribution < -0.4 is 5.56 Å². The molecule has 0 spiro atoms. The zero-order chi connectivity index (χ0) is 32.8. The Bertz CT molecular complexity index is 2060. The number of aromatic nitrogens is 6. The van der Waals surface area contributed by atoms with E-state index in [-0.39, 0.29) is 5.56 Å². The second-order valence-electron chi connectivity index (χ2n) is 11.9. The average molecular weight is 629 g/mol. The molecule has 7 aromatic rings. The maximum absolute atomic E-state index is 12.8. The van der Waals surface area contributed by atoms with Crippen LogP contribution in [0.25, 0.3) is 22.5 Å². The minimum absolute atomic E-state index is 0.0731. The second kappa shape index (κ2) is 13.8. The van der Waals surface area contributed by atoms with Crippen molar-refractivity contribution in [3.05, 3.63) is 190 Å². The maximum atomic E-state index is 12.8. The van der Waals surface area contributed by atoms with E-state index in [1.54, 1.807) is 0 Å². The molecule has 7 heteroatoms. The maximum Gasteiger partial charge on any atom is 0.254 e. The fourth-order valence-corrected chi connectivity index (χ4v) is 6.63. The molecule has 0 saturated carbocycles. The van der Waals surface area contributed by atoms with Gasteiger partial charge in [0.2, 0.25) is 0 Å². The summed E-state index contributed by atoms with van der Waals surface area (Å²) in [5.74, 6) is 0.647. The Morgan fingerprint density at radius 1 is 0.688 bits per heavy atom. The minimum atomic E-state index is -0.855. The number of nitrogens with zero attached hydrogens (tertiary/aromatic N) is 5. The van der Waals surface area contributed by atoms with Crippen LogP contribution in [-0.4, -0.2) is 30.2 Å². The van der Waals surface area contributed by atoms with Gasteiger partial charge in [0.05, 0.1) is 12.0 Å². The van der Waals surface area contributed by atoms with E-state index in [2.05, 4.69) is 136 Å². The van der Waals surface area contributed by atoms with Gasteiger partial charge in [0, 0.05) is 17.5 Å². The van der Waals surface area contributed by atoms with Gasteiger partial charge in [-0.2, -0.15) is 0 Å². The van der Waals surface area contributed by atoms with Gasteiger partial charge in [-0.25, -0.2) is 9.67 Å². The highest BCUT2D eigenvalue weighted by atomic mass is 16.1. The van der Waals surface area contributed by atoms with E-state index in [4.69, 9.17) is 5.21 Å². The summed E-state index contributed by atoms with van der Waals surface area (Å²) in [6.45, 7) is 2.15. The largest absolute Gasteiger partial charge is 0.313 e. The van der Waals surface area contributed by atoms with Crippen LogP contribution in [0.15, 0.2) is 151 Å². The highest BCUT2D eigenvalue weighted by molar-refractivity contribution is 5.81. The molecule has 0 aliphatic carbocycles. The third-order valence-corrected chi connectivity index (χ3v) is 8.98. The van der Waals surface area contributed by atoms with Crippen LogP contribution in [0.1, 0.15) is 53.3 Å². The fraction of sp³-hybridized carbons (Fsp3) is 0.146. The summed E-state index contributed by atoms with van der Waals surface area (Å²) >= 11 is 0. The van der Waals surface area contributed by atoms with Gasteiger partial charge in [0.15, 0.2) is 5.82 Å². The lowest BCUT2D eigenvalue weighted by atomic mass is 9.77. The van der Waals surface area contributed by atoms with Crippen LogP contribution in [0.4, 0.5) is 0 Å². The molecule has 1 N–H and O–H groups in total. The van der Waals surface area contributed by atoms with E-state index < -0.39 is 5.54 Å². The summed E-state index contributed by atoms with van der Waals surface area (Å²) in [6, 6.07) is 47.9. The first-order valence-electron chi connectivity index (χ1n) is 16.4. The molecule has 0 atom stereocenters. The van der Waals surface area contributed by atoms with Crippen molar-refractivity contribution < 1.29 is 0 Å². The molecule has 0 amide bonds. The number of rotatable bonds is 11. The Balaban J connectivity index is 1.34. The van der Waals surface area contributed by atoms with Gasteiger partial charge in [-0.3, -0.25) is 4.79 Å². The number of hydrogen-bond donors (Lipinski definition) is 1. The number of tetrazole rings is 1. The van der Waals surface area contributed by atoms with Crippen LogP contribution >= 0.6 is 0 Å². The topological polar surface area (TPSA) is 89.3 Å². The number of hydrogen-bond acceptors (Lipinski definition) is 5. The van der Waals surface area contributed by atoms with Crippen LogP contribution in [0.3, 0.4) is 0 Å². The Labute approximate surface area is 280 Å². The monoisotopic (exact) mass is 628 g/mol. The van der Waals surface area contributed by atoms with Gasteiger partial charge in [0.1, 0.15) is 5.54 Å². The molecule has 48 heavy (non-hydrogen) atoms. The van der Waals surface area contributed by atoms with Crippen molar-refractivity contribution >= 4 is 0 Å². The number of aromatic amines is 1. The molecule has 2 heterocycles. The van der Waals surface area contributed by atoms with Crippen LogP contribution in [0.2, 0.25) is 0 Å². The Hall–Kier alpha value is -5.95. The number of nitrogens with one attached hydrogen (secondary N) is 1. The molecule has 0 unspecified atom stereocenters. The van der Waals surface area contributed by atoms with Crippen LogP contribution in [0, 0.1) is 0 Å². The lowest BCUT2D eigenvalue weighted by molar-refractivity contribution is 0.451. The van der Waals surface area contributed by atoms with Gasteiger partial charge >= 0.3 is 0 Å². The lowest BCUT2D eigenvalue weighted by Gasteiger charge is -2.36. The predicted molar refractivity (Wildman–Crippen MR) is 190 cm³/mol. The molecule has 0 aliphatic heterocycles. The summed E-state index contributed by atoms with van der Waals surface area (Å²) in [4.78, 5) is 20.0. The normalized spacial score (nSPS) is 11.4. The lowest BCUT2D eigenvalue weighted by Crippen LogP contribution is -2.39. The molecule has 2 aromatic heterocycles. The fourth-order valence-electron chi connectivity index (χ4n) is 6.63. The number of H-pyrrole nitrogens is 1. The average Bonchev–Trinajstić information content (AvgIpc) is 3.64. The van der Waals surface area contributed by atoms with Crippen molar-refractivity contribution in [2.45, 2.75) is 38.1 Å². The Morgan fingerprint density at radius 2 is 1.25 bits per heavy atom. The number of aryl methyl sites for hydroxylation is 1. The molecular weight excluding hydrogens is 592 g/mol. The van der Waals surface area contributed by atoms with E-state index in [0.717, 1.165) is 69.5 Å². The van der Waals surface area contributed by atoms with Gasteiger partial charge in [0.25, 0.3) is 5.56 Å². The smallest absolute Gasteiger partial charge is 0.254 e. The highest BCUT2D eigenvalue weighted by Crippen LogP contribution is 2.43. The van der Waals surface area contributed by atoms with Gasteiger partial charge in [-0.05, 0) is 56.6 Å². The van der Waals surface area contributed by atoms with E-state index in [1.807, 2.05) is 35.0 Å². The predicted octanol–water partition coefficient (Wildman–Crippen LogP) is 7.86. The van der Waals surface area contributed by atoms with E-state index >= 15 is 0 Å². The highest BCUT2D eigenvalue weighted by Gasteiger charge is 2.42. The standard InChI is InChI=1S/C41H36N6O/c1-2-3-23-38-37(40(48)43-29-42-38)28-30-24-26-31(27-25-30)35-21-13-14-22-36(35)39-44-45-46-47(39)41(32-15-7-4-8-16-32,33-17-9-5-10-18-33)34-19-11-6-12-20-34/h4-22,24-27,29H,2-3,23,28H2,1H3,(H,42,43,48). The van der Waals surface area contributed by atoms with Gasteiger partial charge in [-0.15, -0.1) is 5.10 Å². The molecule has 0 fully saturated rings. The third kappa shape index (κ3) is 5.75. The molecule has 5 aromatic carbocycles. The van der Waals surface area contributed by atoms with Crippen molar-refractivity contribution in [1.29, 1.82) is 0 Å². The Kier molecular flexibility index (Phi) is 8.83. The van der Waals surface area contributed by atoms with E-state index in [1.165, 1.54) is 6.33 Å². The summed E-state index contributed by atoms with van der Waals surface area (Å²) < 4.78 is 1.96. The van der Waals surface area contributed by atoms with Crippen LogP contribution in [0.5, 0.6) is 0 Å². The summed E-state index contributed by atoms with van der Waals surface area (Å²) in [5.41, 5.74) is 7.80. The summed E-state index contributed by atoms with van der Waals surface area (Å²) in [5, 5.41) is 13.7. The van der Waals surface area contributed by atoms with Gasteiger partial charge < -0.3 is 4.98 Å². The number of benzene rings is 5. The molecule has 7 nitrogen and oxygen atoms in total. The first-order valence-corrected chi connectivity index (χ1v) is 16.4. The molecular formula is C41H36N6O. The first-order chi connectivity index (χ1) is 23.7. The van der Waals surface area contributed by atoms with Crippen molar-refractivity contribution in [2.75, 3.05) is 0 Å². The molecule has 0 saturated heterocycles. The SMILES string of the molecule is CCCCc1nc[nH]c(=O)c1Cc1ccc(-c2ccccc2-c2nnnn2C(c2ccccc2)(c2ccccc2)c2ccccc2)cc1. The van der Waals surface area contributed by atoms with Crippen molar-refractivity contribution in [3.63, 3.8) is 0 Å². The number of unbranched alkanes of at least 4 members (excludes halogenated alkanes) is 1. The van der Waals surface area contributed by atoms with Crippen molar-refractivity contribution in [3.8, 4) is 22.5 Å². The zero-order valence-electron chi connectivity index (χ0n) is 26.8.